The lowest BCUT2D eigenvalue weighted by atomic mass is 10.2. The molecule has 9 heteroatoms. The van der Waals surface area contributed by atoms with Crippen molar-refractivity contribution in [3.63, 3.8) is 0 Å². The number of benzene rings is 1. The van der Waals surface area contributed by atoms with Crippen molar-refractivity contribution in [1.82, 2.24) is 0 Å². The van der Waals surface area contributed by atoms with E-state index in [4.69, 9.17) is 28.8 Å². The summed E-state index contributed by atoms with van der Waals surface area (Å²) in [5.74, 6) is -0.561. The molecule has 1 heterocycles. The van der Waals surface area contributed by atoms with Crippen LogP contribution in [0.5, 0.6) is 11.5 Å². The molecule has 1 aromatic rings. The number of aliphatic imine (C=N–C) groups is 1. The highest BCUT2D eigenvalue weighted by Gasteiger charge is 2.27. The monoisotopic (exact) mass is 369 g/mol. The van der Waals surface area contributed by atoms with Crippen molar-refractivity contribution in [3.8, 4) is 11.5 Å². The molecule has 0 unspecified atom stereocenters. The lowest BCUT2D eigenvalue weighted by Crippen LogP contribution is -2.18. The number of phenolic OH excluding ortho intramolecular Hbond substituents is 1. The molecule has 1 aliphatic heterocycles. The Bertz CT molecular complexity index is 619. The Balaban J connectivity index is 1.76. The molecule has 2 N–H and O–H groups in total. The minimum Gasteiger partial charge on any atom is -0.507 e. The van der Waals surface area contributed by atoms with Gasteiger partial charge >= 0.3 is 5.97 Å². The average Bonchev–Trinajstić information content (AvgIpc) is 3.12. The predicted molar refractivity (Wildman–Crippen MR) is 91.0 cm³/mol. The number of aromatic hydroxyl groups is 1. The topological polar surface area (TPSA) is 116 Å². The molecule has 0 saturated heterocycles. The molecule has 0 saturated carbocycles. The maximum Gasteiger partial charge on any atom is 0.332 e. The van der Waals surface area contributed by atoms with Gasteiger partial charge in [-0.1, -0.05) is 0 Å². The second kappa shape index (κ2) is 10.6. The van der Waals surface area contributed by atoms with E-state index in [1.807, 2.05) is 0 Å². The minimum absolute atomic E-state index is 0.0600. The van der Waals surface area contributed by atoms with E-state index in [0.717, 1.165) is 0 Å². The third-order valence-electron chi connectivity index (χ3n) is 3.43. The van der Waals surface area contributed by atoms with Crippen molar-refractivity contribution in [3.05, 3.63) is 23.8 Å². The first kappa shape index (κ1) is 20.0. The molecule has 0 fully saturated rings. The van der Waals surface area contributed by atoms with Crippen LogP contribution in [0.3, 0.4) is 0 Å². The van der Waals surface area contributed by atoms with Crippen molar-refractivity contribution < 1.29 is 38.7 Å². The molecule has 1 aliphatic rings. The highest BCUT2D eigenvalue weighted by molar-refractivity contribution is 5.99. The van der Waals surface area contributed by atoms with Gasteiger partial charge in [0.25, 0.3) is 0 Å². The van der Waals surface area contributed by atoms with E-state index < -0.39 is 12.0 Å². The molecule has 1 aromatic carbocycles. The number of aliphatic carboxylic acids is 1. The Labute approximate surface area is 151 Å². The van der Waals surface area contributed by atoms with Crippen molar-refractivity contribution in [2.75, 3.05) is 53.4 Å². The van der Waals surface area contributed by atoms with Gasteiger partial charge in [-0.3, -0.25) is 0 Å². The third-order valence-corrected chi connectivity index (χ3v) is 3.43. The summed E-state index contributed by atoms with van der Waals surface area (Å²) in [5.41, 5.74) is 0.290. The SMILES string of the molecule is COCCOCCOCCOc1ccc(O)c(C2=N[C@@H](C(=O)O)CO2)c1. The summed E-state index contributed by atoms with van der Waals surface area (Å²) in [5, 5.41) is 18.9. The normalized spacial score (nSPS) is 16.2. The summed E-state index contributed by atoms with van der Waals surface area (Å²) in [6, 6.07) is 3.62. The summed E-state index contributed by atoms with van der Waals surface area (Å²) in [6.45, 7) is 2.64. The lowest BCUT2D eigenvalue weighted by molar-refractivity contribution is -0.138. The molecular weight excluding hydrogens is 346 g/mol. The van der Waals surface area contributed by atoms with E-state index in [2.05, 4.69) is 4.99 Å². The molecule has 144 valence electrons. The van der Waals surface area contributed by atoms with E-state index in [1.165, 1.54) is 6.07 Å². The number of methoxy groups -OCH3 is 1. The zero-order chi connectivity index (χ0) is 18.8. The summed E-state index contributed by atoms with van der Waals surface area (Å²) < 4.78 is 26.3. The van der Waals surface area contributed by atoms with Gasteiger partial charge in [-0.2, -0.15) is 0 Å². The van der Waals surface area contributed by atoms with Crippen LogP contribution in [0.2, 0.25) is 0 Å². The number of hydrogen-bond donors (Lipinski definition) is 2. The van der Waals surface area contributed by atoms with Crippen molar-refractivity contribution >= 4 is 11.9 Å². The second-order valence-corrected chi connectivity index (χ2v) is 5.34. The standard InChI is InChI=1S/C17H23NO8/c1-22-4-5-23-6-7-24-8-9-25-12-2-3-15(19)13(10-12)16-18-14(11-26-16)17(20)21/h2-3,10,14,19H,4-9,11H2,1H3,(H,20,21)/t14-/m1/s1. The molecule has 2 rings (SSSR count). The Morgan fingerprint density at radius 2 is 1.88 bits per heavy atom. The van der Waals surface area contributed by atoms with E-state index in [-0.39, 0.29) is 18.3 Å². The van der Waals surface area contributed by atoms with Crippen LogP contribution < -0.4 is 4.74 Å². The Morgan fingerprint density at radius 1 is 1.19 bits per heavy atom. The molecule has 0 aromatic heterocycles. The van der Waals surface area contributed by atoms with Gasteiger partial charge in [-0.25, -0.2) is 9.79 Å². The van der Waals surface area contributed by atoms with Crippen molar-refractivity contribution in [2.45, 2.75) is 6.04 Å². The quantitative estimate of drug-likeness (QED) is 0.517. The first-order valence-corrected chi connectivity index (χ1v) is 8.16. The zero-order valence-electron chi connectivity index (χ0n) is 14.6. The van der Waals surface area contributed by atoms with E-state index >= 15 is 0 Å². The summed E-state index contributed by atoms with van der Waals surface area (Å²) >= 11 is 0. The third kappa shape index (κ3) is 6.17. The first-order valence-electron chi connectivity index (χ1n) is 8.16. The van der Waals surface area contributed by atoms with Gasteiger partial charge in [-0.15, -0.1) is 0 Å². The smallest absolute Gasteiger partial charge is 0.332 e. The number of rotatable bonds is 12. The number of carbonyl (C=O) groups is 1. The van der Waals surface area contributed by atoms with E-state index in [1.54, 1.807) is 19.2 Å². The van der Waals surface area contributed by atoms with Crippen LogP contribution in [0.4, 0.5) is 0 Å². The Kier molecular flexibility index (Phi) is 8.13. The fourth-order valence-corrected chi connectivity index (χ4v) is 2.11. The molecule has 0 spiro atoms. The van der Waals surface area contributed by atoms with Crippen LogP contribution >= 0.6 is 0 Å². The molecule has 0 aliphatic carbocycles. The van der Waals surface area contributed by atoms with Gasteiger partial charge in [0.05, 0.1) is 38.6 Å². The van der Waals surface area contributed by atoms with Crippen molar-refractivity contribution in [2.24, 2.45) is 4.99 Å². The van der Waals surface area contributed by atoms with E-state index in [0.29, 0.717) is 51.0 Å². The molecule has 0 amide bonds. The first-order chi connectivity index (χ1) is 12.6. The molecule has 0 radical (unpaired) electrons. The Morgan fingerprint density at radius 3 is 2.54 bits per heavy atom. The van der Waals surface area contributed by atoms with Crippen molar-refractivity contribution in [1.29, 1.82) is 0 Å². The number of carboxylic acids is 1. The van der Waals surface area contributed by atoms with Crippen LogP contribution in [-0.2, 0) is 23.7 Å². The maximum absolute atomic E-state index is 10.9. The fourth-order valence-electron chi connectivity index (χ4n) is 2.11. The van der Waals surface area contributed by atoms with Crippen LogP contribution in [-0.4, -0.2) is 81.5 Å². The average molecular weight is 369 g/mol. The summed E-state index contributed by atoms with van der Waals surface area (Å²) in [4.78, 5) is 14.9. The van der Waals surface area contributed by atoms with Gasteiger partial charge < -0.3 is 33.9 Å². The van der Waals surface area contributed by atoms with Gasteiger partial charge in [-0.05, 0) is 18.2 Å². The molecule has 26 heavy (non-hydrogen) atoms. The second-order valence-electron chi connectivity index (χ2n) is 5.34. The van der Waals surface area contributed by atoms with E-state index in [9.17, 15) is 9.90 Å². The summed E-state index contributed by atoms with van der Waals surface area (Å²) in [6.07, 6.45) is 0. The number of phenols is 1. The highest BCUT2D eigenvalue weighted by atomic mass is 16.6. The number of nitrogens with zero attached hydrogens (tertiary/aromatic N) is 1. The molecule has 1 atom stereocenters. The van der Waals surface area contributed by atoms with Gasteiger partial charge in [0, 0.05) is 7.11 Å². The largest absolute Gasteiger partial charge is 0.507 e. The Hall–Kier alpha value is -2.36. The number of hydrogen-bond acceptors (Lipinski definition) is 8. The lowest BCUT2D eigenvalue weighted by Gasteiger charge is -2.10. The summed E-state index contributed by atoms with van der Waals surface area (Å²) in [7, 11) is 1.61. The molecule has 9 nitrogen and oxygen atoms in total. The number of ether oxygens (including phenoxy) is 5. The number of carboxylic acid groups (broad SMARTS) is 1. The van der Waals surface area contributed by atoms with Crippen LogP contribution in [0.25, 0.3) is 0 Å². The molecular formula is C17H23NO8. The molecule has 0 bridgehead atoms. The highest BCUT2D eigenvalue weighted by Crippen LogP contribution is 2.26. The minimum atomic E-state index is -1.07. The van der Waals surface area contributed by atoms with Gasteiger partial charge in [0.1, 0.15) is 24.7 Å². The van der Waals surface area contributed by atoms with Gasteiger partial charge in [0.15, 0.2) is 6.04 Å². The maximum atomic E-state index is 10.9. The van der Waals surface area contributed by atoms with Crippen LogP contribution in [0, 0.1) is 0 Å². The fraction of sp³-hybridized carbons (Fsp3) is 0.529. The predicted octanol–water partition coefficient (Wildman–Crippen LogP) is 0.681. The zero-order valence-corrected chi connectivity index (χ0v) is 14.6. The van der Waals surface area contributed by atoms with Crippen LogP contribution in [0.15, 0.2) is 23.2 Å². The van der Waals surface area contributed by atoms with Gasteiger partial charge in [0.2, 0.25) is 5.90 Å². The van der Waals surface area contributed by atoms with Crippen LogP contribution in [0.1, 0.15) is 5.56 Å².